The molecule has 0 radical (unpaired) electrons. The van der Waals surface area contributed by atoms with Gasteiger partial charge in [0.1, 0.15) is 5.82 Å². The Bertz CT molecular complexity index is 702. The van der Waals surface area contributed by atoms with Crippen LogP contribution in [0, 0.1) is 15.9 Å². The van der Waals surface area contributed by atoms with E-state index in [2.05, 4.69) is 15.2 Å². The van der Waals surface area contributed by atoms with Gasteiger partial charge in [-0.05, 0) is 17.7 Å². The quantitative estimate of drug-likeness (QED) is 0.676. The maximum atomic E-state index is 14.1. The molecule has 0 saturated carbocycles. The Hall–Kier alpha value is -2.09. The highest BCUT2D eigenvalue weighted by molar-refractivity contribution is 5.85. The van der Waals surface area contributed by atoms with E-state index >= 15 is 0 Å². The maximum Gasteiger partial charge on any atom is 0.272 e. The van der Waals surface area contributed by atoms with E-state index in [1.54, 1.807) is 6.20 Å². The summed E-state index contributed by atoms with van der Waals surface area (Å²) in [5.74, 6) is -0.539. The lowest BCUT2D eigenvalue weighted by Crippen LogP contribution is -2.45. The second-order valence-corrected chi connectivity index (χ2v) is 5.51. The Labute approximate surface area is 145 Å². The molecule has 3 rings (SSSR count). The Kier molecular flexibility index (Phi) is 6.19. The summed E-state index contributed by atoms with van der Waals surface area (Å²) in [6.07, 6.45) is 3.54. The Morgan fingerprint density at radius 1 is 1.42 bits per heavy atom. The van der Waals surface area contributed by atoms with Crippen LogP contribution >= 0.6 is 12.4 Å². The number of aromatic nitrogens is 1. The largest absolute Gasteiger partial charge is 0.314 e. The van der Waals surface area contributed by atoms with Gasteiger partial charge in [0, 0.05) is 56.2 Å². The van der Waals surface area contributed by atoms with Crippen molar-refractivity contribution >= 4 is 18.1 Å². The molecule has 6 nitrogen and oxygen atoms in total. The molecule has 128 valence electrons. The van der Waals surface area contributed by atoms with Gasteiger partial charge < -0.3 is 5.32 Å². The van der Waals surface area contributed by atoms with Crippen LogP contribution < -0.4 is 5.32 Å². The Morgan fingerprint density at radius 3 is 2.92 bits per heavy atom. The molecule has 0 amide bonds. The van der Waals surface area contributed by atoms with Gasteiger partial charge in [-0.15, -0.1) is 12.4 Å². The van der Waals surface area contributed by atoms with Gasteiger partial charge in [0.25, 0.3) is 5.69 Å². The van der Waals surface area contributed by atoms with Crippen molar-refractivity contribution in [3.05, 3.63) is 69.8 Å². The molecule has 1 aliphatic heterocycles. The van der Waals surface area contributed by atoms with Crippen molar-refractivity contribution in [3.63, 3.8) is 0 Å². The monoisotopic (exact) mass is 352 g/mol. The van der Waals surface area contributed by atoms with E-state index < -0.39 is 10.7 Å². The molecular weight excluding hydrogens is 335 g/mol. The van der Waals surface area contributed by atoms with E-state index in [0.29, 0.717) is 12.1 Å². The number of hydrogen-bond acceptors (Lipinski definition) is 5. The number of non-ortho nitro benzene ring substituents is 1. The summed E-state index contributed by atoms with van der Waals surface area (Å²) in [5.41, 5.74) is 1.31. The number of rotatable bonds is 4. The van der Waals surface area contributed by atoms with Crippen LogP contribution in [-0.4, -0.2) is 34.4 Å². The van der Waals surface area contributed by atoms with Crippen LogP contribution in [0.2, 0.25) is 0 Å². The summed E-state index contributed by atoms with van der Waals surface area (Å²) in [5, 5.41) is 14.0. The highest BCUT2D eigenvalue weighted by Crippen LogP contribution is 2.25. The van der Waals surface area contributed by atoms with Crippen LogP contribution in [0.15, 0.2) is 42.7 Å². The first-order valence-electron chi connectivity index (χ1n) is 7.42. The second-order valence-electron chi connectivity index (χ2n) is 5.51. The fourth-order valence-corrected chi connectivity index (χ4v) is 2.83. The van der Waals surface area contributed by atoms with Crippen LogP contribution in [0.5, 0.6) is 0 Å². The number of nitrogens with one attached hydrogen (secondary N) is 1. The van der Waals surface area contributed by atoms with Gasteiger partial charge in [0.2, 0.25) is 0 Å². The van der Waals surface area contributed by atoms with Crippen molar-refractivity contribution in [2.45, 2.75) is 12.6 Å². The lowest BCUT2D eigenvalue weighted by molar-refractivity contribution is -0.385. The minimum Gasteiger partial charge on any atom is -0.314 e. The molecule has 1 fully saturated rings. The molecule has 1 N–H and O–H groups in total. The van der Waals surface area contributed by atoms with Crippen LogP contribution in [0.4, 0.5) is 10.1 Å². The zero-order chi connectivity index (χ0) is 16.2. The third-order valence-electron chi connectivity index (χ3n) is 4.04. The van der Waals surface area contributed by atoms with Crippen molar-refractivity contribution in [2.24, 2.45) is 0 Å². The minimum absolute atomic E-state index is 0. The minimum atomic E-state index is -0.587. The zero-order valence-corrected chi connectivity index (χ0v) is 13.7. The predicted octanol–water partition coefficient (Wildman–Crippen LogP) is 2.70. The molecule has 8 heteroatoms. The lowest BCUT2D eigenvalue weighted by Gasteiger charge is -2.36. The first-order valence-corrected chi connectivity index (χ1v) is 7.42. The molecule has 1 aromatic carbocycles. The van der Waals surface area contributed by atoms with Gasteiger partial charge in [-0.3, -0.25) is 20.0 Å². The normalized spacial score (nSPS) is 18.0. The molecule has 1 aliphatic rings. The number of nitrogens with zero attached hydrogens (tertiary/aromatic N) is 3. The number of benzene rings is 1. The molecule has 1 saturated heterocycles. The van der Waals surface area contributed by atoms with Gasteiger partial charge in [-0.25, -0.2) is 4.39 Å². The lowest BCUT2D eigenvalue weighted by atomic mass is 10.0. The Morgan fingerprint density at radius 2 is 2.25 bits per heavy atom. The number of nitro benzene ring substituents is 1. The van der Waals surface area contributed by atoms with E-state index in [1.807, 2.05) is 18.3 Å². The predicted molar refractivity (Wildman–Crippen MR) is 90.6 cm³/mol. The van der Waals surface area contributed by atoms with E-state index in [4.69, 9.17) is 0 Å². The van der Waals surface area contributed by atoms with Crippen LogP contribution in [-0.2, 0) is 6.54 Å². The number of hydrogen-bond donors (Lipinski definition) is 1. The summed E-state index contributed by atoms with van der Waals surface area (Å²) in [6, 6.07) is 7.82. The van der Waals surface area contributed by atoms with E-state index in [1.165, 1.54) is 12.1 Å². The van der Waals surface area contributed by atoms with Gasteiger partial charge in [0.15, 0.2) is 0 Å². The maximum absolute atomic E-state index is 14.1. The molecule has 1 unspecified atom stereocenters. The topological polar surface area (TPSA) is 71.3 Å². The molecule has 2 aromatic rings. The Balaban J connectivity index is 0.00000208. The summed E-state index contributed by atoms with van der Waals surface area (Å²) in [4.78, 5) is 16.4. The first kappa shape index (κ1) is 18.3. The molecule has 1 atom stereocenters. The van der Waals surface area contributed by atoms with Crippen LogP contribution in [0.1, 0.15) is 17.2 Å². The molecule has 24 heavy (non-hydrogen) atoms. The smallest absolute Gasteiger partial charge is 0.272 e. The first-order chi connectivity index (χ1) is 11.1. The average molecular weight is 353 g/mol. The van der Waals surface area contributed by atoms with Crippen LogP contribution in [0.25, 0.3) is 0 Å². The number of nitro groups is 1. The van der Waals surface area contributed by atoms with Crippen molar-refractivity contribution in [3.8, 4) is 0 Å². The molecule has 2 heterocycles. The van der Waals surface area contributed by atoms with Crippen molar-refractivity contribution < 1.29 is 9.31 Å². The van der Waals surface area contributed by atoms with E-state index in [-0.39, 0.29) is 24.1 Å². The zero-order valence-electron chi connectivity index (χ0n) is 12.9. The van der Waals surface area contributed by atoms with Crippen LogP contribution in [0.3, 0.4) is 0 Å². The standard InChI is InChI=1S/C16H17FN4O2.ClH/c17-15-8-14(21(22)23)4-3-13(15)11-20-7-6-19-10-16(20)12-2-1-5-18-9-12;/h1-5,8-9,16,19H,6-7,10-11H2;1H. The molecular formula is C16H18ClFN4O2. The van der Waals surface area contributed by atoms with Gasteiger partial charge in [-0.2, -0.15) is 0 Å². The molecule has 0 spiro atoms. The van der Waals surface area contributed by atoms with Gasteiger partial charge in [-0.1, -0.05) is 6.07 Å². The van der Waals surface area contributed by atoms with Gasteiger partial charge >= 0.3 is 0 Å². The fourth-order valence-electron chi connectivity index (χ4n) is 2.83. The summed E-state index contributed by atoms with van der Waals surface area (Å²) in [6.45, 7) is 2.77. The average Bonchev–Trinajstić information content (AvgIpc) is 2.58. The summed E-state index contributed by atoms with van der Waals surface area (Å²) in [7, 11) is 0. The number of halogens is 2. The SMILES string of the molecule is Cl.O=[N+]([O-])c1ccc(CN2CCNCC2c2cccnc2)c(F)c1. The van der Waals surface area contributed by atoms with Crippen molar-refractivity contribution in [1.29, 1.82) is 0 Å². The summed E-state index contributed by atoms with van der Waals surface area (Å²) < 4.78 is 14.1. The van der Waals surface area contributed by atoms with Crippen molar-refractivity contribution in [1.82, 2.24) is 15.2 Å². The van der Waals surface area contributed by atoms with Gasteiger partial charge in [0.05, 0.1) is 11.0 Å². The highest BCUT2D eigenvalue weighted by Gasteiger charge is 2.25. The molecule has 0 bridgehead atoms. The number of pyridine rings is 1. The van der Waals surface area contributed by atoms with E-state index in [0.717, 1.165) is 31.3 Å². The molecule has 0 aliphatic carbocycles. The van der Waals surface area contributed by atoms with Crippen molar-refractivity contribution in [2.75, 3.05) is 19.6 Å². The second kappa shape index (κ2) is 8.14. The van der Waals surface area contributed by atoms with E-state index in [9.17, 15) is 14.5 Å². The third-order valence-corrected chi connectivity index (χ3v) is 4.04. The molecule has 1 aromatic heterocycles. The summed E-state index contributed by atoms with van der Waals surface area (Å²) >= 11 is 0. The number of piperazine rings is 1. The highest BCUT2D eigenvalue weighted by atomic mass is 35.5. The third kappa shape index (κ3) is 4.05. The fraction of sp³-hybridized carbons (Fsp3) is 0.312.